The van der Waals surface area contributed by atoms with Gasteiger partial charge in [-0.2, -0.15) is 0 Å². The van der Waals surface area contributed by atoms with Crippen molar-refractivity contribution in [3.63, 3.8) is 0 Å². The lowest BCUT2D eigenvalue weighted by Gasteiger charge is -2.30. The van der Waals surface area contributed by atoms with Gasteiger partial charge >= 0.3 is 6.03 Å². The predicted molar refractivity (Wildman–Crippen MR) is 102 cm³/mol. The van der Waals surface area contributed by atoms with Gasteiger partial charge in [-0.25, -0.2) is 4.79 Å². The molecule has 0 bridgehead atoms. The number of carbonyl (C=O) groups is 3. The van der Waals surface area contributed by atoms with Gasteiger partial charge in [0, 0.05) is 19.6 Å². The number of nitrogens with one attached hydrogen (secondary N) is 1. The number of nitrogens with zero attached hydrogens (tertiary/aromatic N) is 2. The normalized spacial score (nSPS) is 18.6. The molecule has 3 rings (SSSR count). The zero-order valence-corrected chi connectivity index (χ0v) is 15.7. The number of amides is 4. The van der Waals surface area contributed by atoms with Crippen LogP contribution in [-0.2, 0) is 16.0 Å². The number of rotatable bonds is 7. The molecule has 7 heteroatoms. The molecule has 1 aliphatic heterocycles. The molecule has 1 heterocycles. The molecule has 146 valence electrons. The average Bonchev–Trinajstić information content (AvgIpc) is 2.90. The molecule has 4 amide bonds. The van der Waals surface area contributed by atoms with Crippen molar-refractivity contribution in [3.8, 4) is 0 Å². The lowest BCUT2D eigenvalue weighted by atomic mass is 9.82. The number of carbonyl (C=O) groups excluding carboxylic acids is 3. The Hall–Kier alpha value is -2.41. The molecule has 27 heavy (non-hydrogen) atoms. The minimum Gasteiger partial charge on any atom is -0.340 e. The van der Waals surface area contributed by atoms with Crippen LogP contribution in [0.2, 0.25) is 0 Å². The molecule has 2 aliphatic rings. The van der Waals surface area contributed by atoms with Crippen molar-refractivity contribution in [1.29, 1.82) is 0 Å². The Morgan fingerprint density at radius 2 is 1.81 bits per heavy atom. The van der Waals surface area contributed by atoms with Crippen LogP contribution in [0, 0.1) is 0 Å². The molecule has 1 aromatic rings. The summed E-state index contributed by atoms with van der Waals surface area (Å²) in [5.74, 6) is -0.496. The van der Waals surface area contributed by atoms with E-state index in [1.165, 1.54) is 0 Å². The highest BCUT2D eigenvalue weighted by molar-refractivity contribution is 6.09. The van der Waals surface area contributed by atoms with Gasteiger partial charge in [-0.3, -0.25) is 14.5 Å². The van der Waals surface area contributed by atoms with E-state index in [0.29, 0.717) is 38.9 Å². The molecule has 3 N–H and O–H groups in total. The van der Waals surface area contributed by atoms with E-state index in [9.17, 15) is 14.4 Å². The first-order valence-corrected chi connectivity index (χ1v) is 9.72. The highest BCUT2D eigenvalue weighted by atomic mass is 16.2. The van der Waals surface area contributed by atoms with Crippen LogP contribution in [-0.4, -0.2) is 59.4 Å². The number of nitrogens with two attached hydrogens (primary N) is 1. The Labute approximate surface area is 159 Å². The van der Waals surface area contributed by atoms with Gasteiger partial charge in [-0.05, 0) is 24.8 Å². The Bertz CT molecular complexity index is 686. The Morgan fingerprint density at radius 1 is 1.11 bits per heavy atom. The first kappa shape index (κ1) is 19.4. The van der Waals surface area contributed by atoms with Crippen molar-refractivity contribution in [1.82, 2.24) is 15.1 Å². The minimum atomic E-state index is -0.793. The summed E-state index contributed by atoms with van der Waals surface area (Å²) in [6.07, 6.45) is 4.93. The third kappa shape index (κ3) is 4.30. The molecule has 0 radical (unpaired) electrons. The molecule has 1 aromatic carbocycles. The number of benzene rings is 1. The maximum atomic E-state index is 12.8. The van der Waals surface area contributed by atoms with E-state index in [4.69, 9.17) is 5.73 Å². The molecule has 1 saturated carbocycles. The van der Waals surface area contributed by atoms with Crippen molar-refractivity contribution in [2.45, 2.75) is 44.1 Å². The first-order chi connectivity index (χ1) is 13.1. The van der Waals surface area contributed by atoms with Crippen LogP contribution >= 0.6 is 0 Å². The lowest BCUT2D eigenvalue weighted by Crippen LogP contribution is -2.49. The SMILES string of the molecule is NCCN(CCc1ccccc1)C(=O)CN1C(=O)NC2(CCCCC2)C1=O. The van der Waals surface area contributed by atoms with E-state index in [2.05, 4.69) is 5.32 Å². The third-order valence-corrected chi connectivity index (χ3v) is 5.51. The number of urea groups is 1. The van der Waals surface area contributed by atoms with E-state index in [-0.39, 0.29) is 18.4 Å². The van der Waals surface area contributed by atoms with Gasteiger partial charge in [-0.15, -0.1) is 0 Å². The van der Waals surface area contributed by atoms with E-state index in [0.717, 1.165) is 29.7 Å². The summed E-state index contributed by atoms with van der Waals surface area (Å²) < 4.78 is 0. The quantitative estimate of drug-likeness (QED) is 0.705. The summed E-state index contributed by atoms with van der Waals surface area (Å²) in [6.45, 7) is 1.03. The molecule has 1 spiro atoms. The first-order valence-electron chi connectivity index (χ1n) is 9.72. The zero-order valence-electron chi connectivity index (χ0n) is 15.7. The van der Waals surface area contributed by atoms with Crippen LogP contribution < -0.4 is 11.1 Å². The van der Waals surface area contributed by atoms with Crippen molar-refractivity contribution < 1.29 is 14.4 Å². The Morgan fingerprint density at radius 3 is 2.48 bits per heavy atom. The van der Waals surface area contributed by atoms with Gasteiger partial charge in [0.2, 0.25) is 5.91 Å². The maximum absolute atomic E-state index is 12.8. The second-order valence-corrected chi connectivity index (χ2v) is 7.37. The maximum Gasteiger partial charge on any atom is 0.325 e. The van der Waals surface area contributed by atoms with Crippen LogP contribution in [0.15, 0.2) is 30.3 Å². The molecule has 0 aromatic heterocycles. The fourth-order valence-electron chi connectivity index (χ4n) is 3.98. The van der Waals surface area contributed by atoms with E-state index in [1.54, 1.807) is 4.90 Å². The second-order valence-electron chi connectivity index (χ2n) is 7.37. The summed E-state index contributed by atoms with van der Waals surface area (Å²) in [5.41, 5.74) is 5.99. The van der Waals surface area contributed by atoms with Gasteiger partial charge in [0.25, 0.3) is 5.91 Å². The van der Waals surface area contributed by atoms with Crippen LogP contribution in [0.5, 0.6) is 0 Å². The third-order valence-electron chi connectivity index (χ3n) is 5.51. The Kier molecular flexibility index (Phi) is 6.11. The van der Waals surface area contributed by atoms with Crippen LogP contribution in [0.25, 0.3) is 0 Å². The highest BCUT2D eigenvalue weighted by Gasteiger charge is 2.51. The van der Waals surface area contributed by atoms with Crippen molar-refractivity contribution in [2.75, 3.05) is 26.2 Å². The number of imide groups is 1. The molecule has 2 fully saturated rings. The predicted octanol–water partition coefficient (Wildman–Crippen LogP) is 1.27. The summed E-state index contributed by atoms with van der Waals surface area (Å²) in [5, 5.41) is 2.85. The van der Waals surface area contributed by atoms with Gasteiger partial charge in [-0.1, -0.05) is 49.6 Å². The van der Waals surface area contributed by atoms with Crippen molar-refractivity contribution >= 4 is 17.8 Å². The summed E-state index contributed by atoms with van der Waals surface area (Å²) in [7, 11) is 0. The standard InChI is InChI=1S/C20H28N4O3/c21-12-14-23(13-9-16-7-3-1-4-8-16)17(25)15-24-18(26)20(22-19(24)27)10-5-2-6-11-20/h1,3-4,7-8H,2,5-6,9-15,21H2,(H,22,27). The van der Waals surface area contributed by atoms with Crippen LogP contribution in [0.3, 0.4) is 0 Å². The largest absolute Gasteiger partial charge is 0.340 e. The minimum absolute atomic E-state index is 0.221. The molecule has 7 nitrogen and oxygen atoms in total. The monoisotopic (exact) mass is 372 g/mol. The zero-order chi connectivity index (χ0) is 19.3. The topological polar surface area (TPSA) is 95.7 Å². The number of hydrogen-bond acceptors (Lipinski definition) is 4. The average molecular weight is 372 g/mol. The van der Waals surface area contributed by atoms with E-state index in [1.807, 2.05) is 30.3 Å². The highest BCUT2D eigenvalue weighted by Crippen LogP contribution is 2.33. The van der Waals surface area contributed by atoms with Crippen molar-refractivity contribution in [3.05, 3.63) is 35.9 Å². The fraction of sp³-hybridized carbons (Fsp3) is 0.550. The summed E-state index contributed by atoms with van der Waals surface area (Å²) in [4.78, 5) is 40.7. The smallest absolute Gasteiger partial charge is 0.325 e. The van der Waals surface area contributed by atoms with E-state index >= 15 is 0 Å². The molecule has 1 saturated heterocycles. The lowest BCUT2D eigenvalue weighted by molar-refractivity contribution is -0.139. The van der Waals surface area contributed by atoms with Gasteiger partial charge < -0.3 is 16.0 Å². The second kappa shape index (κ2) is 8.52. The molecule has 0 atom stereocenters. The van der Waals surface area contributed by atoms with Crippen molar-refractivity contribution in [2.24, 2.45) is 5.73 Å². The fourth-order valence-corrected chi connectivity index (χ4v) is 3.98. The van der Waals surface area contributed by atoms with Gasteiger partial charge in [0.15, 0.2) is 0 Å². The summed E-state index contributed by atoms with van der Waals surface area (Å²) in [6, 6.07) is 9.43. The molecule has 1 aliphatic carbocycles. The molecule has 0 unspecified atom stereocenters. The van der Waals surface area contributed by atoms with Gasteiger partial charge in [0.05, 0.1) is 0 Å². The summed E-state index contributed by atoms with van der Waals surface area (Å²) >= 11 is 0. The van der Waals surface area contributed by atoms with Gasteiger partial charge in [0.1, 0.15) is 12.1 Å². The molecular formula is C20H28N4O3. The molecular weight excluding hydrogens is 344 g/mol. The number of hydrogen-bond donors (Lipinski definition) is 2. The van der Waals surface area contributed by atoms with Crippen LogP contribution in [0.1, 0.15) is 37.7 Å². The van der Waals surface area contributed by atoms with E-state index < -0.39 is 11.6 Å². The Balaban J connectivity index is 1.62. The van der Waals surface area contributed by atoms with Crippen LogP contribution in [0.4, 0.5) is 4.79 Å².